The number of hydrogen-bond acceptors (Lipinski definition) is 3. The number of anilines is 3. The van der Waals surface area contributed by atoms with Gasteiger partial charge in [-0.1, -0.05) is 37.6 Å². The smallest absolute Gasteiger partial charge is 0.323 e. The van der Waals surface area contributed by atoms with E-state index in [-0.39, 0.29) is 5.41 Å². The first-order valence-electron chi connectivity index (χ1n) is 9.82. The summed E-state index contributed by atoms with van der Waals surface area (Å²) >= 11 is 0. The SMILES string of the molecule is CCCC1(CNC(=O)C(=O)Nc2cccc(NC(=O)Nc3ccccc3)c2)CC1. The van der Waals surface area contributed by atoms with Crippen LogP contribution in [-0.2, 0) is 9.59 Å². The second kappa shape index (κ2) is 9.23. The fraction of sp³-hybridized carbons (Fsp3) is 0.318. The maximum atomic E-state index is 12.2. The van der Waals surface area contributed by atoms with Crippen LogP contribution in [0.25, 0.3) is 0 Å². The van der Waals surface area contributed by atoms with Gasteiger partial charge in [-0.05, 0) is 55.0 Å². The lowest BCUT2D eigenvalue weighted by Gasteiger charge is -2.14. The summed E-state index contributed by atoms with van der Waals surface area (Å²) in [6.45, 7) is 2.66. The fourth-order valence-corrected chi connectivity index (χ4v) is 3.25. The van der Waals surface area contributed by atoms with E-state index in [2.05, 4.69) is 28.2 Å². The molecule has 1 saturated carbocycles. The molecule has 0 unspecified atom stereocenters. The molecule has 0 spiro atoms. The summed E-state index contributed by atoms with van der Waals surface area (Å²) in [7, 11) is 0. The third-order valence-electron chi connectivity index (χ3n) is 4.98. The van der Waals surface area contributed by atoms with E-state index in [1.807, 2.05) is 18.2 Å². The number of para-hydroxylation sites is 1. The summed E-state index contributed by atoms with van der Waals surface area (Å²) in [6.07, 6.45) is 4.33. The standard InChI is InChI=1S/C22H26N4O3/c1-2-11-22(12-13-22)15-23-19(27)20(28)24-17-9-6-10-18(14-17)26-21(29)25-16-7-4-3-5-8-16/h3-10,14H,2,11-13,15H2,1H3,(H,23,27)(H,24,28)(H2,25,26,29). The van der Waals surface area contributed by atoms with Crippen LogP contribution < -0.4 is 21.3 Å². The number of rotatable bonds is 7. The van der Waals surface area contributed by atoms with Crippen molar-refractivity contribution in [1.29, 1.82) is 0 Å². The van der Waals surface area contributed by atoms with Crippen LogP contribution in [0.15, 0.2) is 54.6 Å². The number of benzene rings is 2. The Balaban J connectivity index is 1.50. The lowest BCUT2D eigenvalue weighted by atomic mass is 10.0. The van der Waals surface area contributed by atoms with Crippen molar-refractivity contribution >= 4 is 34.9 Å². The molecule has 4 amide bonds. The Kier molecular flexibility index (Phi) is 6.49. The Morgan fingerprint density at radius 1 is 0.828 bits per heavy atom. The second-order valence-corrected chi connectivity index (χ2v) is 7.41. The second-order valence-electron chi connectivity index (χ2n) is 7.41. The van der Waals surface area contributed by atoms with Gasteiger partial charge in [0.2, 0.25) is 0 Å². The minimum atomic E-state index is -0.719. The van der Waals surface area contributed by atoms with E-state index in [0.29, 0.717) is 23.6 Å². The average Bonchev–Trinajstić information content (AvgIpc) is 3.47. The largest absolute Gasteiger partial charge is 0.347 e. The summed E-state index contributed by atoms with van der Waals surface area (Å²) in [5, 5.41) is 10.7. The van der Waals surface area contributed by atoms with Crippen LogP contribution in [-0.4, -0.2) is 24.4 Å². The van der Waals surface area contributed by atoms with Gasteiger partial charge in [-0.25, -0.2) is 4.79 Å². The van der Waals surface area contributed by atoms with E-state index in [0.717, 1.165) is 25.7 Å². The van der Waals surface area contributed by atoms with Gasteiger partial charge in [0, 0.05) is 23.6 Å². The van der Waals surface area contributed by atoms with Crippen molar-refractivity contribution in [3.8, 4) is 0 Å². The molecule has 0 aliphatic heterocycles. The van der Waals surface area contributed by atoms with E-state index in [9.17, 15) is 14.4 Å². The van der Waals surface area contributed by atoms with Gasteiger partial charge in [0.1, 0.15) is 0 Å². The predicted octanol–water partition coefficient (Wildman–Crippen LogP) is 3.97. The predicted molar refractivity (Wildman–Crippen MR) is 114 cm³/mol. The van der Waals surface area contributed by atoms with E-state index in [1.54, 1.807) is 36.4 Å². The Hall–Kier alpha value is -3.35. The maximum absolute atomic E-state index is 12.2. The lowest BCUT2D eigenvalue weighted by Crippen LogP contribution is -2.38. The molecule has 0 heterocycles. The zero-order valence-electron chi connectivity index (χ0n) is 16.5. The molecule has 2 aromatic rings. The van der Waals surface area contributed by atoms with Crippen molar-refractivity contribution in [1.82, 2.24) is 5.32 Å². The number of urea groups is 1. The molecule has 0 aromatic heterocycles. The fourth-order valence-electron chi connectivity index (χ4n) is 3.25. The van der Waals surface area contributed by atoms with Gasteiger partial charge in [0.15, 0.2) is 0 Å². The summed E-state index contributed by atoms with van der Waals surface area (Å²) in [5.74, 6) is -1.37. The van der Waals surface area contributed by atoms with Crippen molar-refractivity contribution < 1.29 is 14.4 Å². The summed E-state index contributed by atoms with van der Waals surface area (Å²) in [6, 6.07) is 15.3. The Morgan fingerprint density at radius 3 is 2.10 bits per heavy atom. The molecular weight excluding hydrogens is 368 g/mol. The topological polar surface area (TPSA) is 99.3 Å². The van der Waals surface area contributed by atoms with Gasteiger partial charge >= 0.3 is 17.8 Å². The van der Waals surface area contributed by atoms with Crippen molar-refractivity contribution in [2.24, 2.45) is 5.41 Å². The molecule has 1 fully saturated rings. The lowest BCUT2D eigenvalue weighted by molar-refractivity contribution is -0.136. The zero-order chi connectivity index (χ0) is 20.7. The van der Waals surface area contributed by atoms with Crippen LogP contribution in [0.2, 0.25) is 0 Å². The highest BCUT2D eigenvalue weighted by atomic mass is 16.2. The molecule has 4 N–H and O–H groups in total. The van der Waals surface area contributed by atoms with E-state index in [4.69, 9.17) is 0 Å². The van der Waals surface area contributed by atoms with E-state index >= 15 is 0 Å². The number of amides is 4. The normalized spacial score (nSPS) is 13.8. The third kappa shape index (κ3) is 6.07. The minimum absolute atomic E-state index is 0.181. The highest BCUT2D eigenvalue weighted by Crippen LogP contribution is 2.48. The number of carbonyl (C=O) groups excluding carboxylic acids is 3. The van der Waals surface area contributed by atoms with Gasteiger partial charge in [-0.3, -0.25) is 9.59 Å². The molecule has 1 aliphatic carbocycles. The van der Waals surface area contributed by atoms with Crippen LogP contribution in [0.1, 0.15) is 32.6 Å². The van der Waals surface area contributed by atoms with Crippen LogP contribution in [0.4, 0.5) is 21.9 Å². The number of carbonyl (C=O) groups is 3. The average molecular weight is 394 g/mol. The van der Waals surface area contributed by atoms with Crippen molar-refractivity contribution in [2.45, 2.75) is 32.6 Å². The highest BCUT2D eigenvalue weighted by molar-refractivity contribution is 6.39. The molecule has 2 aromatic carbocycles. The van der Waals surface area contributed by atoms with Gasteiger partial charge in [-0.2, -0.15) is 0 Å². The van der Waals surface area contributed by atoms with Crippen molar-refractivity contribution in [3.05, 3.63) is 54.6 Å². The molecule has 152 valence electrons. The summed E-state index contributed by atoms with van der Waals surface area (Å²) in [4.78, 5) is 36.3. The summed E-state index contributed by atoms with van der Waals surface area (Å²) < 4.78 is 0. The molecule has 1 aliphatic rings. The molecule has 0 saturated heterocycles. The molecule has 3 rings (SSSR count). The Labute approximate surface area is 170 Å². The minimum Gasteiger partial charge on any atom is -0.347 e. The van der Waals surface area contributed by atoms with Crippen molar-refractivity contribution in [3.63, 3.8) is 0 Å². The molecule has 7 heteroatoms. The zero-order valence-corrected chi connectivity index (χ0v) is 16.5. The monoisotopic (exact) mass is 394 g/mol. The Morgan fingerprint density at radius 2 is 1.45 bits per heavy atom. The van der Waals surface area contributed by atoms with E-state index < -0.39 is 17.8 Å². The van der Waals surface area contributed by atoms with Crippen LogP contribution in [0.3, 0.4) is 0 Å². The first kappa shape index (κ1) is 20.4. The van der Waals surface area contributed by atoms with E-state index in [1.165, 1.54) is 0 Å². The highest BCUT2D eigenvalue weighted by Gasteiger charge is 2.41. The Bertz CT molecular complexity index is 879. The summed E-state index contributed by atoms with van der Waals surface area (Å²) in [5.41, 5.74) is 1.78. The molecule has 0 radical (unpaired) electrons. The van der Waals surface area contributed by atoms with Crippen LogP contribution >= 0.6 is 0 Å². The van der Waals surface area contributed by atoms with Crippen LogP contribution in [0.5, 0.6) is 0 Å². The van der Waals surface area contributed by atoms with Gasteiger partial charge < -0.3 is 21.3 Å². The maximum Gasteiger partial charge on any atom is 0.323 e. The number of hydrogen-bond donors (Lipinski definition) is 4. The molecule has 0 bridgehead atoms. The molecule has 29 heavy (non-hydrogen) atoms. The van der Waals surface area contributed by atoms with Gasteiger partial charge in [-0.15, -0.1) is 0 Å². The first-order valence-corrected chi connectivity index (χ1v) is 9.82. The van der Waals surface area contributed by atoms with Gasteiger partial charge in [0.05, 0.1) is 0 Å². The molecule has 7 nitrogen and oxygen atoms in total. The quantitative estimate of drug-likeness (QED) is 0.535. The van der Waals surface area contributed by atoms with Crippen molar-refractivity contribution in [2.75, 3.05) is 22.5 Å². The van der Waals surface area contributed by atoms with Crippen LogP contribution in [0, 0.1) is 5.41 Å². The van der Waals surface area contributed by atoms with Gasteiger partial charge in [0.25, 0.3) is 0 Å². The molecular formula is C22H26N4O3. The third-order valence-corrected chi connectivity index (χ3v) is 4.98. The first-order chi connectivity index (χ1) is 14.0. The molecule has 0 atom stereocenters. The number of nitrogens with one attached hydrogen (secondary N) is 4.